The molecule has 0 saturated heterocycles. The van der Waals surface area contributed by atoms with Gasteiger partial charge < -0.3 is 9.47 Å². The number of esters is 2. The van der Waals surface area contributed by atoms with Crippen molar-refractivity contribution < 1.29 is 19.1 Å². The molecule has 0 bridgehead atoms. The summed E-state index contributed by atoms with van der Waals surface area (Å²) in [6, 6.07) is 0. The van der Waals surface area contributed by atoms with Crippen molar-refractivity contribution in [2.45, 2.75) is 39.4 Å². The third-order valence-electron chi connectivity index (χ3n) is 1.65. The molecule has 0 spiro atoms. The molecule has 0 aliphatic heterocycles. The summed E-state index contributed by atoms with van der Waals surface area (Å²) in [7, 11) is 3.50. The Labute approximate surface area is 96.7 Å². The molecule has 0 aromatic heterocycles. The zero-order chi connectivity index (χ0) is 12.9. The van der Waals surface area contributed by atoms with Crippen LogP contribution in [-0.4, -0.2) is 49.2 Å². The number of carbonyl (C=O) groups excluding carboxylic acids is 2. The van der Waals surface area contributed by atoms with Gasteiger partial charge in [0.25, 0.3) is 0 Å². The Morgan fingerprint density at radius 3 is 2.12 bits per heavy atom. The highest BCUT2D eigenvalue weighted by atomic mass is 16.6. The fourth-order valence-corrected chi connectivity index (χ4v) is 0.973. The molecule has 0 aromatic rings. The number of ether oxygens (including phenoxy) is 2. The Bertz CT molecular complexity index is 259. The van der Waals surface area contributed by atoms with E-state index in [-0.39, 0.29) is 12.6 Å². The summed E-state index contributed by atoms with van der Waals surface area (Å²) in [6.07, 6.45) is -0.223. The summed E-state index contributed by atoms with van der Waals surface area (Å²) >= 11 is 0. The minimum Gasteiger partial charge on any atom is -0.460 e. The van der Waals surface area contributed by atoms with Gasteiger partial charge in [-0.3, -0.25) is 9.69 Å². The molecular weight excluding hydrogens is 210 g/mol. The van der Waals surface area contributed by atoms with E-state index in [1.165, 1.54) is 13.8 Å². The predicted molar refractivity (Wildman–Crippen MR) is 60.0 cm³/mol. The van der Waals surface area contributed by atoms with Gasteiger partial charge in [0.05, 0.1) is 12.6 Å². The molecule has 0 unspecified atom stereocenters. The predicted octanol–water partition coefficient (Wildman–Crippen LogP) is 0.821. The molecule has 94 valence electrons. The van der Waals surface area contributed by atoms with E-state index in [1.807, 2.05) is 0 Å². The van der Waals surface area contributed by atoms with Crippen LogP contribution in [0.2, 0.25) is 0 Å². The van der Waals surface area contributed by atoms with E-state index >= 15 is 0 Å². The van der Waals surface area contributed by atoms with Gasteiger partial charge in [-0.15, -0.1) is 0 Å². The Kier molecular flexibility index (Phi) is 5.44. The molecular formula is C11H21NO4. The maximum atomic E-state index is 11.6. The first kappa shape index (κ1) is 14.9. The molecule has 5 heteroatoms. The topological polar surface area (TPSA) is 55.8 Å². The van der Waals surface area contributed by atoms with Crippen LogP contribution in [0.5, 0.6) is 0 Å². The molecule has 0 heterocycles. The molecule has 0 aliphatic carbocycles. The Morgan fingerprint density at radius 1 is 1.25 bits per heavy atom. The Morgan fingerprint density at radius 2 is 1.75 bits per heavy atom. The summed E-state index contributed by atoms with van der Waals surface area (Å²) in [5.74, 6) is -0.981. The van der Waals surface area contributed by atoms with Crippen LogP contribution in [0, 0.1) is 0 Å². The van der Waals surface area contributed by atoms with E-state index in [0.29, 0.717) is 0 Å². The maximum Gasteiger partial charge on any atom is 0.350 e. The minimum absolute atomic E-state index is 0.137. The van der Waals surface area contributed by atoms with Crippen LogP contribution in [0.15, 0.2) is 0 Å². The van der Waals surface area contributed by atoms with Crippen molar-refractivity contribution in [3.63, 3.8) is 0 Å². The first-order chi connectivity index (χ1) is 7.15. The van der Waals surface area contributed by atoms with Crippen LogP contribution in [0.25, 0.3) is 0 Å². The van der Waals surface area contributed by atoms with Gasteiger partial charge in [0, 0.05) is 0 Å². The van der Waals surface area contributed by atoms with E-state index in [9.17, 15) is 9.59 Å². The number of carbonyl (C=O) groups is 2. The normalized spacial score (nSPS) is 11.8. The summed E-state index contributed by atoms with van der Waals surface area (Å²) in [5, 5.41) is 0. The van der Waals surface area contributed by atoms with Crippen LogP contribution in [0.3, 0.4) is 0 Å². The Balaban J connectivity index is 4.33. The van der Waals surface area contributed by atoms with Crippen LogP contribution < -0.4 is 0 Å². The highest BCUT2D eigenvalue weighted by Crippen LogP contribution is 2.13. The van der Waals surface area contributed by atoms with E-state index < -0.39 is 17.5 Å². The lowest BCUT2D eigenvalue weighted by atomic mass is 10.1. The first-order valence-electron chi connectivity index (χ1n) is 5.23. The first-order valence-corrected chi connectivity index (χ1v) is 5.23. The lowest BCUT2D eigenvalue weighted by Crippen LogP contribution is -2.41. The monoisotopic (exact) mass is 231 g/mol. The van der Waals surface area contributed by atoms with Crippen molar-refractivity contribution in [2.24, 2.45) is 0 Å². The number of nitrogens with zero attached hydrogens (tertiary/aromatic N) is 1. The van der Waals surface area contributed by atoms with Crippen LogP contribution >= 0.6 is 0 Å². The lowest BCUT2D eigenvalue weighted by molar-refractivity contribution is -0.181. The SMILES string of the molecule is CC(C)OC(=O)C(C)(C)OC(=O)CN(C)C. The van der Waals surface area contributed by atoms with Crippen molar-refractivity contribution >= 4 is 11.9 Å². The molecule has 0 amide bonds. The van der Waals surface area contributed by atoms with Gasteiger partial charge in [-0.1, -0.05) is 0 Å². The smallest absolute Gasteiger partial charge is 0.350 e. The van der Waals surface area contributed by atoms with Gasteiger partial charge in [0.1, 0.15) is 0 Å². The molecule has 16 heavy (non-hydrogen) atoms. The molecule has 0 radical (unpaired) electrons. The van der Waals surface area contributed by atoms with Crippen molar-refractivity contribution in [1.82, 2.24) is 4.90 Å². The van der Waals surface area contributed by atoms with Gasteiger partial charge >= 0.3 is 11.9 Å². The number of rotatable bonds is 5. The Hall–Kier alpha value is -1.10. The fourth-order valence-electron chi connectivity index (χ4n) is 0.973. The van der Waals surface area contributed by atoms with Gasteiger partial charge in [-0.2, -0.15) is 0 Å². The molecule has 5 nitrogen and oxygen atoms in total. The molecule has 0 N–H and O–H groups in total. The van der Waals surface area contributed by atoms with Gasteiger partial charge in [0.2, 0.25) is 5.60 Å². The number of hydrogen-bond acceptors (Lipinski definition) is 5. The van der Waals surface area contributed by atoms with E-state index in [2.05, 4.69) is 0 Å². The quantitative estimate of drug-likeness (QED) is 0.656. The summed E-state index contributed by atoms with van der Waals surface area (Å²) < 4.78 is 10.0. The van der Waals surface area contributed by atoms with E-state index in [4.69, 9.17) is 9.47 Å². The summed E-state index contributed by atoms with van der Waals surface area (Å²) in [4.78, 5) is 24.6. The van der Waals surface area contributed by atoms with Crippen LogP contribution in [0.1, 0.15) is 27.7 Å². The molecule has 0 atom stereocenters. The van der Waals surface area contributed by atoms with Gasteiger partial charge in [-0.25, -0.2) is 4.79 Å². The second kappa shape index (κ2) is 5.84. The van der Waals surface area contributed by atoms with E-state index in [0.717, 1.165) is 0 Å². The third kappa shape index (κ3) is 5.70. The largest absolute Gasteiger partial charge is 0.460 e. The highest BCUT2D eigenvalue weighted by molar-refractivity contribution is 5.83. The highest BCUT2D eigenvalue weighted by Gasteiger charge is 2.34. The average molecular weight is 231 g/mol. The van der Waals surface area contributed by atoms with Gasteiger partial charge in [-0.05, 0) is 41.8 Å². The standard InChI is InChI=1S/C11H21NO4/c1-8(2)15-10(14)11(3,4)16-9(13)7-12(5)6/h8H,7H2,1-6H3. The molecule has 0 fully saturated rings. The third-order valence-corrected chi connectivity index (χ3v) is 1.65. The minimum atomic E-state index is -1.24. The van der Waals surface area contributed by atoms with E-state index in [1.54, 1.807) is 32.8 Å². The van der Waals surface area contributed by atoms with Crippen molar-refractivity contribution in [1.29, 1.82) is 0 Å². The van der Waals surface area contributed by atoms with Crippen molar-refractivity contribution in [3.05, 3.63) is 0 Å². The zero-order valence-electron chi connectivity index (χ0n) is 10.9. The van der Waals surface area contributed by atoms with Crippen molar-refractivity contribution in [2.75, 3.05) is 20.6 Å². The fraction of sp³-hybridized carbons (Fsp3) is 0.818. The van der Waals surface area contributed by atoms with Crippen LogP contribution in [0.4, 0.5) is 0 Å². The average Bonchev–Trinajstić information content (AvgIpc) is 1.98. The number of hydrogen-bond donors (Lipinski definition) is 0. The summed E-state index contributed by atoms with van der Waals surface area (Å²) in [6.45, 7) is 6.67. The number of likely N-dealkylation sites (N-methyl/N-ethyl adjacent to an activating group) is 1. The maximum absolute atomic E-state index is 11.6. The molecule has 0 aliphatic rings. The molecule has 0 aromatic carbocycles. The molecule has 0 saturated carbocycles. The lowest BCUT2D eigenvalue weighted by Gasteiger charge is -2.24. The summed E-state index contributed by atoms with van der Waals surface area (Å²) in [5.41, 5.74) is -1.24. The second-order valence-corrected chi connectivity index (χ2v) is 4.68. The van der Waals surface area contributed by atoms with Gasteiger partial charge in [0.15, 0.2) is 0 Å². The molecule has 0 rings (SSSR count). The van der Waals surface area contributed by atoms with Crippen molar-refractivity contribution in [3.8, 4) is 0 Å². The van der Waals surface area contributed by atoms with Crippen LogP contribution in [-0.2, 0) is 19.1 Å². The second-order valence-electron chi connectivity index (χ2n) is 4.68. The zero-order valence-corrected chi connectivity index (χ0v) is 10.9.